The molecule has 1 aliphatic heterocycles. The Kier molecular flexibility index (Phi) is 4.37. The van der Waals surface area contributed by atoms with Gasteiger partial charge in [-0.3, -0.25) is 4.79 Å². The Morgan fingerprint density at radius 3 is 2.58 bits per heavy atom. The molecule has 2 unspecified atom stereocenters. The number of benzene rings is 1. The average molecular weight is 282 g/mol. The third kappa shape index (κ3) is 3.22. The smallest absolute Gasteiger partial charge is 0.188 e. The molecule has 1 aromatic carbocycles. The third-order valence-corrected chi connectivity index (χ3v) is 5.60. The fraction of sp³-hybridized carbons (Fsp3) is 0.500. The van der Waals surface area contributed by atoms with Gasteiger partial charge in [-0.25, -0.2) is 8.42 Å². The van der Waals surface area contributed by atoms with Gasteiger partial charge in [0, 0.05) is 6.61 Å². The van der Waals surface area contributed by atoms with Crippen molar-refractivity contribution in [2.45, 2.75) is 42.4 Å². The van der Waals surface area contributed by atoms with E-state index in [-0.39, 0.29) is 23.2 Å². The molecule has 1 aliphatic rings. The molecule has 2 rings (SSSR count). The highest BCUT2D eigenvalue weighted by Crippen LogP contribution is 2.25. The second-order valence-electron chi connectivity index (χ2n) is 4.83. The number of ether oxygens (including phenoxy) is 1. The maximum Gasteiger partial charge on any atom is 0.188 e. The van der Waals surface area contributed by atoms with E-state index in [1.807, 2.05) is 0 Å². The van der Waals surface area contributed by atoms with Crippen LogP contribution in [-0.4, -0.2) is 32.2 Å². The van der Waals surface area contributed by atoms with Crippen LogP contribution in [0.4, 0.5) is 0 Å². The van der Waals surface area contributed by atoms with Crippen molar-refractivity contribution < 1.29 is 17.9 Å². The first-order valence-electron chi connectivity index (χ1n) is 6.43. The molecule has 0 bridgehead atoms. The lowest BCUT2D eigenvalue weighted by Crippen LogP contribution is -2.32. The fourth-order valence-electron chi connectivity index (χ4n) is 2.35. The first-order chi connectivity index (χ1) is 9.01. The summed E-state index contributed by atoms with van der Waals surface area (Å²) >= 11 is 0. The first-order valence-corrected chi connectivity index (χ1v) is 7.97. The van der Waals surface area contributed by atoms with E-state index in [0.29, 0.717) is 6.61 Å². The molecule has 0 amide bonds. The monoisotopic (exact) mass is 282 g/mol. The molecule has 4 nitrogen and oxygen atoms in total. The van der Waals surface area contributed by atoms with Gasteiger partial charge in [0.15, 0.2) is 9.84 Å². The van der Waals surface area contributed by atoms with E-state index in [1.54, 1.807) is 18.2 Å². The third-order valence-electron chi connectivity index (χ3n) is 3.40. The van der Waals surface area contributed by atoms with E-state index in [9.17, 15) is 13.2 Å². The molecule has 0 saturated carbocycles. The Morgan fingerprint density at radius 2 is 2.05 bits per heavy atom. The summed E-state index contributed by atoms with van der Waals surface area (Å²) < 4.78 is 30.4. The maximum atomic E-state index is 12.5. The number of rotatable bonds is 5. The summed E-state index contributed by atoms with van der Waals surface area (Å²) in [6, 6.07) is 8.13. The second kappa shape index (κ2) is 5.84. The van der Waals surface area contributed by atoms with Crippen LogP contribution in [0.5, 0.6) is 0 Å². The van der Waals surface area contributed by atoms with Gasteiger partial charge in [0.2, 0.25) is 0 Å². The molecule has 0 spiro atoms. The van der Waals surface area contributed by atoms with Crippen molar-refractivity contribution in [3.8, 4) is 0 Å². The first kappa shape index (κ1) is 14.2. The summed E-state index contributed by atoms with van der Waals surface area (Å²) in [5, 5.41) is -1.00. The molecular formula is C14H18O4S. The van der Waals surface area contributed by atoms with Crippen molar-refractivity contribution in [2.24, 2.45) is 0 Å². The topological polar surface area (TPSA) is 60.4 Å². The number of Topliss-reactive ketones (excluding diaryl/α,β-unsaturated/α-hetero) is 1. The average Bonchev–Trinajstić information content (AvgIpc) is 2.89. The van der Waals surface area contributed by atoms with Gasteiger partial charge in [-0.1, -0.05) is 18.2 Å². The Balaban J connectivity index is 2.25. The lowest BCUT2D eigenvalue weighted by Gasteiger charge is -2.18. The predicted molar refractivity (Wildman–Crippen MR) is 71.7 cm³/mol. The number of hydrogen-bond donors (Lipinski definition) is 0. The molecule has 0 aromatic heterocycles. The summed E-state index contributed by atoms with van der Waals surface area (Å²) in [4.78, 5) is 11.9. The summed E-state index contributed by atoms with van der Waals surface area (Å²) in [5.74, 6) is -0.320. The van der Waals surface area contributed by atoms with Gasteiger partial charge in [0.25, 0.3) is 0 Å². The van der Waals surface area contributed by atoms with Gasteiger partial charge >= 0.3 is 0 Å². The normalized spacial score (nSPS) is 21.2. The minimum Gasteiger partial charge on any atom is -0.378 e. The van der Waals surface area contributed by atoms with Crippen molar-refractivity contribution >= 4 is 15.6 Å². The van der Waals surface area contributed by atoms with E-state index in [0.717, 1.165) is 12.8 Å². The van der Waals surface area contributed by atoms with Crippen LogP contribution in [0.25, 0.3) is 0 Å². The lowest BCUT2D eigenvalue weighted by atomic mass is 10.1. The number of sulfone groups is 1. The molecule has 1 saturated heterocycles. The number of carbonyl (C=O) groups is 1. The maximum absolute atomic E-state index is 12.5. The van der Waals surface area contributed by atoms with Crippen LogP contribution in [0.2, 0.25) is 0 Å². The van der Waals surface area contributed by atoms with Crippen molar-refractivity contribution in [3.05, 3.63) is 30.3 Å². The zero-order valence-corrected chi connectivity index (χ0v) is 11.7. The van der Waals surface area contributed by atoms with Crippen molar-refractivity contribution in [2.75, 3.05) is 6.61 Å². The predicted octanol–water partition coefficient (Wildman–Crippen LogP) is 1.99. The van der Waals surface area contributed by atoms with E-state index in [4.69, 9.17) is 4.74 Å². The highest BCUT2D eigenvalue weighted by molar-refractivity contribution is 7.92. The molecule has 5 heteroatoms. The minimum atomic E-state index is -3.62. The molecule has 2 atom stereocenters. The minimum absolute atomic E-state index is 0.118. The van der Waals surface area contributed by atoms with E-state index in [2.05, 4.69) is 0 Å². The van der Waals surface area contributed by atoms with Gasteiger partial charge in [0.05, 0.1) is 11.0 Å². The van der Waals surface area contributed by atoms with Crippen molar-refractivity contribution in [3.63, 3.8) is 0 Å². The molecule has 0 N–H and O–H groups in total. The van der Waals surface area contributed by atoms with Gasteiger partial charge in [-0.15, -0.1) is 0 Å². The van der Waals surface area contributed by atoms with Gasteiger partial charge in [0.1, 0.15) is 11.0 Å². The van der Waals surface area contributed by atoms with Crippen LogP contribution >= 0.6 is 0 Å². The number of hydrogen-bond acceptors (Lipinski definition) is 4. The lowest BCUT2D eigenvalue weighted by molar-refractivity contribution is -0.117. The fourth-order valence-corrected chi connectivity index (χ4v) is 4.12. The Bertz CT molecular complexity index is 530. The quantitative estimate of drug-likeness (QED) is 0.828. The van der Waals surface area contributed by atoms with Gasteiger partial charge < -0.3 is 4.74 Å². The van der Waals surface area contributed by atoms with Crippen LogP contribution < -0.4 is 0 Å². The number of ketones is 1. The molecule has 104 valence electrons. The summed E-state index contributed by atoms with van der Waals surface area (Å²) in [7, 11) is -3.62. The highest BCUT2D eigenvalue weighted by Gasteiger charge is 2.34. The van der Waals surface area contributed by atoms with Gasteiger partial charge in [-0.05, 0) is 38.3 Å². The summed E-state index contributed by atoms with van der Waals surface area (Å²) in [6.45, 7) is 1.99. The number of carbonyl (C=O) groups excluding carboxylic acids is 1. The molecule has 1 aromatic rings. The Morgan fingerprint density at radius 1 is 1.37 bits per heavy atom. The van der Waals surface area contributed by atoms with Crippen LogP contribution in [0, 0.1) is 0 Å². The van der Waals surface area contributed by atoms with Crippen molar-refractivity contribution in [1.82, 2.24) is 0 Å². The second-order valence-corrected chi connectivity index (χ2v) is 6.96. The molecule has 1 heterocycles. The molecule has 0 aliphatic carbocycles. The van der Waals surface area contributed by atoms with Crippen LogP contribution in [0.3, 0.4) is 0 Å². The Hall–Kier alpha value is -1.20. The van der Waals surface area contributed by atoms with Crippen LogP contribution in [-0.2, 0) is 19.4 Å². The molecular weight excluding hydrogens is 264 g/mol. The van der Waals surface area contributed by atoms with E-state index < -0.39 is 15.1 Å². The summed E-state index contributed by atoms with van der Waals surface area (Å²) in [6.07, 6.45) is 1.90. The van der Waals surface area contributed by atoms with Gasteiger partial charge in [-0.2, -0.15) is 0 Å². The molecule has 1 fully saturated rings. The zero-order valence-electron chi connectivity index (χ0n) is 10.9. The van der Waals surface area contributed by atoms with Crippen molar-refractivity contribution in [1.29, 1.82) is 0 Å². The molecule has 19 heavy (non-hydrogen) atoms. The Labute approximate surface area is 113 Å². The zero-order chi connectivity index (χ0) is 13.9. The van der Waals surface area contributed by atoms with E-state index in [1.165, 1.54) is 19.1 Å². The largest absolute Gasteiger partial charge is 0.378 e. The summed E-state index contributed by atoms with van der Waals surface area (Å²) in [5.41, 5.74) is 0. The van der Waals surface area contributed by atoms with Crippen LogP contribution in [0.15, 0.2) is 35.2 Å². The highest BCUT2D eigenvalue weighted by atomic mass is 32.2. The van der Waals surface area contributed by atoms with Crippen LogP contribution in [0.1, 0.15) is 26.2 Å². The van der Waals surface area contributed by atoms with E-state index >= 15 is 0 Å². The SMILES string of the molecule is CC(=O)C(CC1CCCO1)S(=O)(=O)c1ccccc1. The standard InChI is InChI=1S/C14H18O4S/c1-11(15)14(10-12-6-5-9-18-12)19(16,17)13-7-3-2-4-8-13/h2-4,7-8,12,14H,5-6,9-10H2,1H3. The molecule has 0 radical (unpaired) electrons.